The number of rotatable bonds is 5. The number of anilines is 1. The zero-order chi connectivity index (χ0) is 17.9. The molecule has 0 aromatic carbocycles. The molecule has 0 radical (unpaired) electrons. The molecule has 2 aromatic heterocycles. The van der Waals surface area contributed by atoms with Crippen LogP contribution in [0.4, 0.5) is 10.3 Å². The maximum atomic E-state index is 12.9. The van der Waals surface area contributed by atoms with Gasteiger partial charge in [-0.15, -0.1) is 0 Å². The highest BCUT2D eigenvalue weighted by Gasteiger charge is 2.43. The molecule has 0 aliphatic carbocycles. The average molecular weight is 357 g/mol. The Hall–Kier alpha value is -2.61. The molecular weight excluding hydrogens is 337 g/mol. The van der Waals surface area contributed by atoms with Crippen LogP contribution in [0.25, 0.3) is 0 Å². The van der Waals surface area contributed by atoms with E-state index in [1.165, 1.54) is 12.4 Å². The van der Waals surface area contributed by atoms with E-state index in [1.54, 1.807) is 6.20 Å². The number of halogens is 1. The maximum Gasteiger partial charge on any atom is 0.225 e. The van der Waals surface area contributed by atoms with Crippen LogP contribution >= 0.6 is 0 Å². The molecule has 7 nitrogen and oxygen atoms in total. The Morgan fingerprint density at radius 1 is 1.27 bits per heavy atom. The molecule has 26 heavy (non-hydrogen) atoms. The third-order valence-electron chi connectivity index (χ3n) is 4.81. The van der Waals surface area contributed by atoms with Gasteiger partial charge >= 0.3 is 0 Å². The number of fused-ring (bicyclic) bond motifs is 1. The Morgan fingerprint density at radius 3 is 2.85 bits per heavy atom. The van der Waals surface area contributed by atoms with E-state index in [0.717, 1.165) is 18.7 Å². The Balaban J connectivity index is 1.24. The summed E-state index contributed by atoms with van der Waals surface area (Å²) in [5, 5.41) is 2.88. The summed E-state index contributed by atoms with van der Waals surface area (Å²) >= 11 is 0. The van der Waals surface area contributed by atoms with Gasteiger partial charge in [-0.1, -0.05) is 6.07 Å². The molecule has 4 heterocycles. The molecule has 1 N–H and O–H groups in total. The minimum absolute atomic E-state index is 0.0284. The van der Waals surface area contributed by atoms with Crippen LogP contribution in [0, 0.1) is 11.7 Å². The molecule has 0 saturated carbocycles. The molecule has 8 heteroatoms. The first-order chi connectivity index (χ1) is 12.7. The summed E-state index contributed by atoms with van der Waals surface area (Å²) in [6.07, 6.45) is 5.24. The van der Waals surface area contributed by atoms with Gasteiger partial charge in [0.1, 0.15) is 0 Å². The minimum atomic E-state index is -0.443. The molecular formula is C18H20FN5O2. The summed E-state index contributed by atoms with van der Waals surface area (Å²) in [6, 6.07) is 5.62. The third kappa shape index (κ3) is 3.80. The molecule has 0 unspecified atom stereocenters. The smallest absolute Gasteiger partial charge is 0.225 e. The van der Waals surface area contributed by atoms with Crippen LogP contribution in [0.1, 0.15) is 18.5 Å². The number of nitrogens with zero attached hydrogens (tertiary/aromatic N) is 4. The van der Waals surface area contributed by atoms with Crippen molar-refractivity contribution < 1.29 is 13.9 Å². The molecule has 4 rings (SSSR count). The van der Waals surface area contributed by atoms with E-state index in [9.17, 15) is 9.18 Å². The van der Waals surface area contributed by atoms with Gasteiger partial charge in [0.05, 0.1) is 43.3 Å². The van der Waals surface area contributed by atoms with Gasteiger partial charge in [0.15, 0.2) is 5.82 Å². The topological polar surface area (TPSA) is 80.2 Å². The van der Waals surface area contributed by atoms with Gasteiger partial charge in [-0.3, -0.25) is 9.78 Å². The largest absolute Gasteiger partial charge is 0.372 e. The first kappa shape index (κ1) is 16.8. The predicted molar refractivity (Wildman–Crippen MR) is 91.7 cm³/mol. The van der Waals surface area contributed by atoms with Crippen LogP contribution in [-0.4, -0.2) is 46.2 Å². The fraction of sp³-hybridized carbons (Fsp3) is 0.444. The number of hydrogen-bond acceptors (Lipinski definition) is 6. The highest BCUT2D eigenvalue weighted by Crippen LogP contribution is 2.35. The third-order valence-corrected chi connectivity index (χ3v) is 4.81. The van der Waals surface area contributed by atoms with Crippen molar-refractivity contribution in [3.63, 3.8) is 0 Å². The van der Waals surface area contributed by atoms with Gasteiger partial charge in [-0.05, 0) is 18.6 Å². The van der Waals surface area contributed by atoms with Gasteiger partial charge in [-0.25, -0.2) is 14.4 Å². The van der Waals surface area contributed by atoms with Crippen molar-refractivity contribution in [1.29, 1.82) is 0 Å². The summed E-state index contributed by atoms with van der Waals surface area (Å²) in [5.74, 6) is 0.395. The lowest BCUT2D eigenvalue weighted by Gasteiger charge is -2.19. The molecule has 2 fully saturated rings. The predicted octanol–water partition coefficient (Wildman–Crippen LogP) is 1.31. The molecule has 0 bridgehead atoms. The van der Waals surface area contributed by atoms with Crippen LogP contribution in [-0.2, 0) is 16.1 Å². The second kappa shape index (κ2) is 7.33. The highest BCUT2D eigenvalue weighted by molar-refractivity contribution is 5.76. The lowest BCUT2D eigenvalue weighted by atomic mass is 10.0. The van der Waals surface area contributed by atoms with Crippen molar-refractivity contribution in [1.82, 2.24) is 20.3 Å². The monoisotopic (exact) mass is 357 g/mol. The highest BCUT2D eigenvalue weighted by atomic mass is 19.1. The number of pyridine rings is 1. The zero-order valence-corrected chi connectivity index (χ0v) is 14.2. The second-order valence-corrected chi connectivity index (χ2v) is 6.70. The SMILES string of the molecule is O=C(C[C@@H]1C[C@H]2CN(c3ncc(F)cn3)C[C@H]2O1)NCc1ccccn1. The van der Waals surface area contributed by atoms with E-state index in [2.05, 4.69) is 20.3 Å². The number of hydrogen-bond donors (Lipinski definition) is 1. The van der Waals surface area contributed by atoms with Crippen molar-refractivity contribution in [3.8, 4) is 0 Å². The van der Waals surface area contributed by atoms with E-state index >= 15 is 0 Å². The molecule has 2 aromatic rings. The van der Waals surface area contributed by atoms with Gasteiger partial charge in [-0.2, -0.15) is 0 Å². The van der Waals surface area contributed by atoms with Crippen molar-refractivity contribution in [2.45, 2.75) is 31.6 Å². The first-order valence-corrected chi connectivity index (χ1v) is 8.72. The van der Waals surface area contributed by atoms with Crippen LogP contribution in [0.2, 0.25) is 0 Å². The molecule has 3 atom stereocenters. The van der Waals surface area contributed by atoms with E-state index < -0.39 is 5.82 Å². The minimum Gasteiger partial charge on any atom is -0.372 e. The number of aromatic nitrogens is 3. The zero-order valence-electron chi connectivity index (χ0n) is 14.2. The Bertz CT molecular complexity index is 744. The van der Waals surface area contributed by atoms with Gasteiger partial charge in [0.25, 0.3) is 0 Å². The van der Waals surface area contributed by atoms with Crippen molar-refractivity contribution >= 4 is 11.9 Å². The number of nitrogens with one attached hydrogen (secondary N) is 1. The van der Waals surface area contributed by atoms with Crippen LogP contribution in [0.5, 0.6) is 0 Å². The molecule has 136 valence electrons. The van der Waals surface area contributed by atoms with E-state index in [4.69, 9.17) is 4.74 Å². The summed E-state index contributed by atoms with van der Waals surface area (Å²) in [7, 11) is 0. The maximum absolute atomic E-state index is 12.9. The fourth-order valence-corrected chi connectivity index (χ4v) is 3.60. The molecule has 2 aliphatic rings. The first-order valence-electron chi connectivity index (χ1n) is 8.72. The van der Waals surface area contributed by atoms with Crippen molar-refractivity contribution in [3.05, 3.63) is 48.3 Å². The summed E-state index contributed by atoms with van der Waals surface area (Å²) in [5.41, 5.74) is 0.833. The van der Waals surface area contributed by atoms with Gasteiger partial charge in [0, 0.05) is 25.2 Å². The summed E-state index contributed by atoms with van der Waals surface area (Å²) in [6.45, 7) is 1.86. The summed E-state index contributed by atoms with van der Waals surface area (Å²) in [4.78, 5) is 26.4. The van der Waals surface area contributed by atoms with E-state index in [1.807, 2.05) is 23.1 Å². The van der Waals surface area contributed by atoms with Gasteiger partial charge < -0.3 is 15.0 Å². The number of amides is 1. The molecule has 0 spiro atoms. The van der Waals surface area contributed by atoms with Crippen LogP contribution in [0.15, 0.2) is 36.8 Å². The number of ether oxygens (including phenoxy) is 1. The number of carbonyl (C=O) groups excluding carboxylic acids is 1. The molecule has 1 amide bonds. The van der Waals surface area contributed by atoms with Crippen molar-refractivity contribution in [2.75, 3.05) is 18.0 Å². The standard InChI is InChI=1S/C18H20FN5O2/c19-13-7-22-18(23-8-13)24-10-12-5-15(26-16(12)11-24)6-17(25)21-9-14-3-1-2-4-20-14/h1-4,7-8,12,15-16H,5-6,9-11H2,(H,21,25)/t12-,15-,16+/m0/s1. The van der Waals surface area contributed by atoms with Crippen LogP contribution in [0.3, 0.4) is 0 Å². The number of carbonyl (C=O) groups is 1. The van der Waals surface area contributed by atoms with Gasteiger partial charge in [0.2, 0.25) is 11.9 Å². The summed E-state index contributed by atoms with van der Waals surface area (Å²) < 4.78 is 19.0. The lowest BCUT2D eigenvalue weighted by Crippen LogP contribution is -2.30. The Morgan fingerprint density at radius 2 is 2.12 bits per heavy atom. The molecule has 2 aliphatic heterocycles. The Kier molecular flexibility index (Phi) is 4.75. The second-order valence-electron chi connectivity index (χ2n) is 6.70. The quantitative estimate of drug-likeness (QED) is 0.869. The van der Waals surface area contributed by atoms with E-state index in [0.29, 0.717) is 31.4 Å². The average Bonchev–Trinajstić information content (AvgIpc) is 3.20. The Labute approximate surface area is 150 Å². The lowest BCUT2D eigenvalue weighted by molar-refractivity contribution is -0.123. The fourth-order valence-electron chi connectivity index (χ4n) is 3.60. The van der Waals surface area contributed by atoms with E-state index in [-0.39, 0.29) is 18.1 Å². The van der Waals surface area contributed by atoms with Crippen molar-refractivity contribution in [2.24, 2.45) is 5.92 Å². The molecule has 2 saturated heterocycles. The van der Waals surface area contributed by atoms with Crippen LogP contribution < -0.4 is 10.2 Å². The normalized spacial score (nSPS) is 24.5.